The van der Waals surface area contributed by atoms with Crippen LogP contribution in [0, 0.1) is 17.6 Å². The van der Waals surface area contributed by atoms with Crippen LogP contribution in [0.3, 0.4) is 0 Å². The topological polar surface area (TPSA) is 46.2 Å². The molecule has 1 rings (SSSR count). The van der Waals surface area contributed by atoms with Crippen LogP contribution < -0.4 is 5.73 Å². The SMILES string of the molecule is NCC(CO)Cc1ccc(F)cc1F. The Bertz CT molecular complexity index is 300. The van der Waals surface area contributed by atoms with E-state index < -0.39 is 11.6 Å². The van der Waals surface area contributed by atoms with Crippen molar-refractivity contribution in [3.05, 3.63) is 35.4 Å². The fourth-order valence-electron chi connectivity index (χ4n) is 1.22. The molecule has 0 spiro atoms. The monoisotopic (exact) mass is 201 g/mol. The Morgan fingerprint density at radius 3 is 2.57 bits per heavy atom. The highest BCUT2D eigenvalue weighted by Gasteiger charge is 2.10. The molecule has 3 N–H and O–H groups in total. The molecule has 0 fully saturated rings. The van der Waals surface area contributed by atoms with Gasteiger partial charge in [0.25, 0.3) is 0 Å². The number of nitrogens with two attached hydrogens (primary N) is 1. The number of benzene rings is 1. The summed E-state index contributed by atoms with van der Waals surface area (Å²) in [6.45, 7) is 0.195. The molecular formula is C10H13F2NO. The van der Waals surface area contributed by atoms with Crippen molar-refractivity contribution < 1.29 is 13.9 Å². The Labute approximate surface area is 81.4 Å². The van der Waals surface area contributed by atoms with Crippen molar-refractivity contribution in [1.82, 2.24) is 0 Å². The molecule has 0 aliphatic carbocycles. The molecule has 1 aromatic carbocycles. The molecule has 0 aliphatic rings. The number of rotatable bonds is 4. The summed E-state index contributed by atoms with van der Waals surface area (Å²) in [5, 5.41) is 8.86. The lowest BCUT2D eigenvalue weighted by molar-refractivity contribution is 0.229. The summed E-state index contributed by atoms with van der Waals surface area (Å²) in [7, 11) is 0. The van der Waals surface area contributed by atoms with E-state index in [0.29, 0.717) is 12.0 Å². The summed E-state index contributed by atoms with van der Waals surface area (Å²) in [5.41, 5.74) is 5.74. The minimum absolute atomic E-state index is 0.0900. The van der Waals surface area contributed by atoms with Gasteiger partial charge in [-0.15, -0.1) is 0 Å². The van der Waals surface area contributed by atoms with Gasteiger partial charge < -0.3 is 10.8 Å². The molecule has 0 amide bonds. The third-order valence-electron chi connectivity index (χ3n) is 2.12. The quantitative estimate of drug-likeness (QED) is 0.765. The van der Waals surface area contributed by atoms with Crippen molar-refractivity contribution in [3.63, 3.8) is 0 Å². The van der Waals surface area contributed by atoms with Crippen molar-refractivity contribution in [2.45, 2.75) is 6.42 Å². The van der Waals surface area contributed by atoms with E-state index in [9.17, 15) is 8.78 Å². The van der Waals surface area contributed by atoms with E-state index in [1.54, 1.807) is 0 Å². The van der Waals surface area contributed by atoms with Gasteiger partial charge in [-0.25, -0.2) is 8.78 Å². The first kappa shape index (κ1) is 11.1. The Morgan fingerprint density at radius 1 is 1.36 bits per heavy atom. The van der Waals surface area contributed by atoms with E-state index in [1.165, 1.54) is 12.1 Å². The van der Waals surface area contributed by atoms with Gasteiger partial charge in [-0.3, -0.25) is 0 Å². The molecule has 0 radical (unpaired) electrons. The van der Waals surface area contributed by atoms with E-state index in [0.717, 1.165) is 6.07 Å². The normalized spacial score (nSPS) is 12.9. The average molecular weight is 201 g/mol. The molecule has 14 heavy (non-hydrogen) atoms. The molecule has 1 aromatic rings. The van der Waals surface area contributed by atoms with Gasteiger partial charge in [0.15, 0.2) is 0 Å². The molecule has 0 heterocycles. The summed E-state index contributed by atoms with van der Waals surface area (Å²) in [5.74, 6) is -1.36. The van der Waals surface area contributed by atoms with Crippen LogP contribution in [0.2, 0.25) is 0 Å². The zero-order chi connectivity index (χ0) is 10.6. The maximum Gasteiger partial charge on any atom is 0.129 e. The number of aliphatic hydroxyl groups is 1. The molecule has 0 saturated heterocycles. The lowest BCUT2D eigenvalue weighted by Crippen LogP contribution is -2.20. The van der Waals surface area contributed by atoms with Gasteiger partial charge in [0.05, 0.1) is 0 Å². The molecule has 2 nitrogen and oxygen atoms in total. The first-order valence-electron chi connectivity index (χ1n) is 4.42. The standard InChI is InChI=1S/C10H13F2NO/c11-9-2-1-8(10(12)4-9)3-7(5-13)6-14/h1-2,4,7,14H,3,5-6,13H2. The fraction of sp³-hybridized carbons (Fsp3) is 0.400. The molecular weight excluding hydrogens is 188 g/mol. The molecule has 1 unspecified atom stereocenters. The van der Waals surface area contributed by atoms with E-state index in [-0.39, 0.29) is 19.1 Å². The Kier molecular flexibility index (Phi) is 3.98. The number of hydrogen-bond donors (Lipinski definition) is 2. The van der Waals surface area contributed by atoms with Crippen LogP contribution in [-0.4, -0.2) is 18.3 Å². The summed E-state index contributed by atoms with van der Waals surface area (Å²) in [6.07, 6.45) is 0.332. The molecule has 0 aromatic heterocycles. The summed E-state index contributed by atoms with van der Waals surface area (Å²) < 4.78 is 25.7. The second-order valence-corrected chi connectivity index (χ2v) is 3.22. The van der Waals surface area contributed by atoms with E-state index in [4.69, 9.17) is 10.8 Å². The molecule has 0 saturated carbocycles. The summed E-state index contributed by atoms with van der Waals surface area (Å²) in [6, 6.07) is 3.41. The third-order valence-corrected chi connectivity index (χ3v) is 2.12. The number of hydrogen-bond acceptors (Lipinski definition) is 2. The molecule has 0 aliphatic heterocycles. The van der Waals surface area contributed by atoms with Crippen LogP contribution in [0.5, 0.6) is 0 Å². The van der Waals surface area contributed by atoms with Gasteiger partial charge in [0, 0.05) is 12.7 Å². The predicted octanol–water partition coefficient (Wildman–Crippen LogP) is 1.07. The molecule has 4 heteroatoms. The predicted molar refractivity (Wildman–Crippen MR) is 49.7 cm³/mol. The van der Waals surface area contributed by atoms with Crippen molar-refractivity contribution in [3.8, 4) is 0 Å². The van der Waals surface area contributed by atoms with Gasteiger partial charge in [0.2, 0.25) is 0 Å². The lowest BCUT2D eigenvalue weighted by Gasteiger charge is -2.11. The van der Waals surface area contributed by atoms with Crippen molar-refractivity contribution >= 4 is 0 Å². The minimum Gasteiger partial charge on any atom is -0.396 e. The number of halogens is 2. The smallest absolute Gasteiger partial charge is 0.129 e. The van der Waals surface area contributed by atoms with Crippen LogP contribution in [0.1, 0.15) is 5.56 Å². The first-order chi connectivity index (χ1) is 6.67. The van der Waals surface area contributed by atoms with E-state index in [1.807, 2.05) is 0 Å². The van der Waals surface area contributed by atoms with Gasteiger partial charge in [-0.05, 0) is 30.5 Å². The highest BCUT2D eigenvalue weighted by molar-refractivity contribution is 5.19. The minimum atomic E-state index is -0.598. The van der Waals surface area contributed by atoms with Crippen LogP contribution >= 0.6 is 0 Å². The van der Waals surface area contributed by atoms with E-state index >= 15 is 0 Å². The van der Waals surface area contributed by atoms with E-state index in [2.05, 4.69) is 0 Å². The molecule has 0 bridgehead atoms. The van der Waals surface area contributed by atoms with Crippen LogP contribution in [0.15, 0.2) is 18.2 Å². The second kappa shape index (κ2) is 5.02. The van der Waals surface area contributed by atoms with Crippen molar-refractivity contribution in [1.29, 1.82) is 0 Å². The van der Waals surface area contributed by atoms with Gasteiger partial charge >= 0.3 is 0 Å². The largest absolute Gasteiger partial charge is 0.396 e. The Balaban J connectivity index is 2.76. The highest BCUT2D eigenvalue weighted by atomic mass is 19.1. The fourth-order valence-corrected chi connectivity index (χ4v) is 1.22. The Hall–Kier alpha value is -1.00. The zero-order valence-electron chi connectivity index (χ0n) is 7.71. The van der Waals surface area contributed by atoms with Crippen LogP contribution in [0.4, 0.5) is 8.78 Å². The summed E-state index contributed by atoms with van der Waals surface area (Å²) in [4.78, 5) is 0. The summed E-state index contributed by atoms with van der Waals surface area (Å²) >= 11 is 0. The average Bonchev–Trinajstić information content (AvgIpc) is 2.17. The maximum atomic E-state index is 13.1. The van der Waals surface area contributed by atoms with Gasteiger partial charge in [-0.2, -0.15) is 0 Å². The van der Waals surface area contributed by atoms with Crippen molar-refractivity contribution in [2.75, 3.05) is 13.2 Å². The molecule has 1 atom stereocenters. The number of aliphatic hydroxyl groups excluding tert-OH is 1. The third kappa shape index (κ3) is 2.75. The maximum absolute atomic E-state index is 13.1. The highest BCUT2D eigenvalue weighted by Crippen LogP contribution is 2.13. The van der Waals surface area contributed by atoms with Crippen LogP contribution in [-0.2, 0) is 6.42 Å². The zero-order valence-corrected chi connectivity index (χ0v) is 7.71. The Morgan fingerprint density at radius 2 is 2.07 bits per heavy atom. The molecule has 78 valence electrons. The van der Waals surface area contributed by atoms with Crippen LogP contribution in [0.25, 0.3) is 0 Å². The second-order valence-electron chi connectivity index (χ2n) is 3.22. The first-order valence-corrected chi connectivity index (χ1v) is 4.42. The van der Waals surface area contributed by atoms with Gasteiger partial charge in [0.1, 0.15) is 11.6 Å². The van der Waals surface area contributed by atoms with Gasteiger partial charge in [-0.1, -0.05) is 6.07 Å². The van der Waals surface area contributed by atoms with Crippen molar-refractivity contribution in [2.24, 2.45) is 11.7 Å². The lowest BCUT2D eigenvalue weighted by atomic mass is 10.00.